The van der Waals surface area contributed by atoms with Crippen LogP contribution in [0.5, 0.6) is 11.5 Å². The fraction of sp³-hybridized carbons (Fsp3) is 0.182. The molecule has 0 unspecified atom stereocenters. The van der Waals surface area contributed by atoms with E-state index in [0.29, 0.717) is 16.3 Å². The summed E-state index contributed by atoms with van der Waals surface area (Å²) in [6.07, 6.45) is 3.14. The third-order valence-corrected chi connectivity index (χ3v) is 3.47. The number of methoxy groups -OCH3 is 2. The summed E-state index contributed by atoms with van der Waals surface area (Å²) in [6, 6.07) is 3.66. The molecule has 8 heteroatoms. The van der Waals surface area contributed by atoms with Gasteiger partial charge < -0.3 is 9.47 Å². The number of hydrogen-bond donors (Lipinski definition) is 1. The van der Waals surface area contributed by atoms with E-state index in [0.717, 1.165) is 10.0 Å². The first-order chi connectivity index (χ1) is 9.17. The standard InChI is InChI=1S/C11H11BrN4O2S/c1-17-8-4-3-7(9(12)10(8)18-2)5-14-16-6-13-15-11(16)19/h3-6H,1-2H3,(H,15,19)/b14-5-. The van der Waals surface area contributed by atoms with Crippen molar-refractivity contribution in [1.82, 2.24) is 14.9 Å². The summed E-state index contributed by atoms with van der Waals surface area (Å²) < 4.78 is 13.1. The van der Waals surface area contributed by atoms with Gasteiger partial charge in [-0.1, -0.05) is 0 Å². The lowest BCUT2D eigenvalue weighted by molar-refractivity contribution is 0.353. The van der Waals surface area contributed by atoms with Crippen LogP contribution in [0.25, 0.3) is 0 Å². The van der Waals surface area contributed by atoms with Gasteiger partial charge in [-0.2, -0.15) is 14.9 Å². The van der Waals surface area contributed by atoms with Gasteiger partial charge in [0, 0.05) is 5.56 Å². The zero-order valence-electron chi connectivity index (χ0n) is 10.3. The van der Waals surface area contributed by atoms with Crippen LogP contribution in [0.2, 0.25) is 0 Å². The molecule has 1 aromatic carbocycles. The maximum absolute atomic E-state index is 5.29. The Balaban J connectivity index is 2.39. The highest BCUT2D eigenvalue weighted by molar-refractivity contribution is 9.10. The summed E-state index contributed by atoms with van der Waals surface area (Å²) >= 11 is 8.46. The summed E-state index contributed by atoms with van der Waals surface area (Å²) in [5.41, 5.74) is 0.834. The fourth-order valence-electron chi connectivity index (χ4n) is 1.45. The lowest BCUT2D eigenvalue weighted by atomic mass is 10.2. The summed E-state index contributed by atoms with van der Waals surface area (Å²) in [5.74, 6) is 1.26. The molecule has 0 aliphatic rings. The van der Waals surface area contributed by atoms with Crippen molar-refractivity contribution >= 4 is 34.4 Å². The van der Waals surface area contributed by atoms with Crippen LogP contribution in [-0.2, 0) is 0 Å². The van der Waals surface area contributed by atoms with E-state index in [1.165, 1.54) is 11.0 Å². The number of rotatable bonds is 4. The smallest absolute Gasteiger partial charge is 0.216 e. The summed E-state index contributed by atoms with van der Waals surface area (Å²) in [5, 5.41) is 10.6. The number of ether oxygens (including phenoxy) is 2. The molecule has 0 aliphatic carbocycles. The number of nitrogens with zero attached hydrogens (tertiary/aromatic N) is 3. The third-order valence-electron chi connectivity index (χ3n) is 2.37. The summed E-state index contributed by atoms with van der Waals surface area (Å²) in [7, 11) is 3.17. The summed E-state index contributed by atoms with van der Waals surface area (Å²) in [4.78, 5) is 0. The van der Waals surface area contributed by atoms with Crippen molar-refractivity contribution in [3.05, 3.63) is 33.3 Å². The van der Waals surface area contributed by atoms with E-state index in [9.17, 15) is 0 Å². The molecule has 1 N–H and O–H groups in total. The molecular weight excluding hydrogens is 332 g/mol. The Morgan fingerprint density at radius 2 is 2.21 bits per heavy atom. The van der Waals surface area contributed by atoms with Crippen LogP contribution < -0.4 is 9.47 Å². The van der Waals surface area contributed by atoms with E-state index < -0.39 is 0 Å². The van der Waals surface area contributed by atoms with Gasteiger partial charge in [-0.25, -0.2) is 0 Å². The first-order valence-electron chi connectivity index (χ1n) is 5.24. The molecule has 0 atom stereocenters. The average molecular weight is 343 g/mol. The molecule has 1 heterocycles. The highest BCUT2D eigenvalue weighted by Crippen LogP contribution is 2.36. The SMILES string of the molecule is COc1ccc(/C=N\n2cn[nH]c2=S)c(Br)c1OC. The van der Waals surface area contributed by atoms with E-state index in [4.69, 9.17) is 21.7 Å². The van der Waals surface area contributed by atoms with Crippen molar-refractivity contribution in [3.63, 3.8) is 0 Å². The van der Waals surface area contributed by atoms with Crippen LogP contribution in [0, 0.1) is 4.77 Å². The molecule has 19 heavy (non-hydrogen) atoms. The van der Waals surface area contributed by atoms with Gasteiger partial charge in [-0.05, 0) is 40.3 Å². The predicted octanol–water partition coefficient (Wildman–Crippen LogP) is 2.60. The van der Waals surface area contributed by atoms with E-state index in [2.05, 4.69) is 31.2 Å². The largest absolute Gasteiger partial charge is 0.493 e. The summed E-state index contributed by atoms with van der Waals surface area (Å²) in [6.45, 7) is 0. The van der Waals surface area contributed by atoms with Gasteiger partial charge >= 0.3 is 0 Å². The Morgan fingerprint density at radius 3 is 2.79 bits per heavy atom. The van der Waals surface area contributed by atoms with Crippen molar-refractivity contribution in [3.8, 4) is 11.5 Å². The Hall–Kier alpha value is -1.67. The van der Waals surface area contributed by atoms with Crippen LogP contribution in [0.3, 0.4) is 0 Å². The normalized spacial score (nSPS) is 10.9. The topological polar surface area (TPSA) is 64.4 Å². The Kier molecular flexibility index (Phi) is 4.33. The minimum atomic E-state index is 0.424. The van der Waals surface area contributed by atoms with E-state index in [1.807, 2.05) is 6.07 Å². The van der Waals surface area contributed by atoms with Crippen molar-refractivity contribution < 1.29 is 9.47 Å². The molecule has 0 amide bonds. The van der Waals surface area contributed by atoms with E-state index in [-0.39, 0.29) is 0 Å². The highest BCUT2D eigenvalue weighted by Gasteiger charge is 2.11. The molecule has 2 rings (SSSR count). The quantitative estimate of drug-likeness (QED) is 0.685. The van der Waals surface area contributed by atoms with Crippen molar-refractivity contribution in [2.24, 2.45) is 5.10 Å². The van der Waals surface area contributed by atoms with Crippen LogP contribution in [-0.4, -0.2) is 35.3 Å². The molecule has 0 bridgehead atoms. The van der Waals surface area contributed by atoms with Gasteiger partial charge in [0.2, 0.25) is 4.77 Å². The molecule has 1 aromatic heterocycles. The average Bonchev–Trinajstić information content (AvgIpc) is 2.82. The lowest BCUT2D eigenvalue weighted by Gasteiger charge is -2.10. The second-order valence-electron chi connectivity index (χ2n) is 3.45. The van der Waals surface area contributed by atoms with Gasteiger partial charge in [-0.15, -0.1) is 0 Å². The molecular formula is C11H11BrN4O2S. The zero-order chi connectivity index (χ0) is 13.8. The molecule has 6 nitrogen and oxygen atoms in total. The molecule has 0 saturated carbocycles. The number of aromatic amines is 1. The van der Waals surface area contributed by atoms with Crippen LogP contribution in [0.15, 0.2) is 28.0 Å². The first-order valence-corrected chi connectivity index (χ1v) is 6.44. The third kappa shape index (κ3) is 2.85. The predicted molar refractivity (Wildman–Crippen MR) is 77.6 cm³/mol. The lowest BCUT2D eigenvalue weighted by Crippen LogP contribution is -1.96. The van der Waals surface area contributed by atoms with E-state index in [1.54, 1.807) is 26.5 Å². The number of halogens is 1. The van der Waals surface area contributed by atoms with Crippen molar-refractivity contribution in [1.29, 1.82) is 0 Å². The van der Waals surface area contributed by atoms with Crippen LogP contribution in [0.1, 0.15) is 5.56 Å². The van der Waals surface area contributed by atoms with Gasteiger partial charge in [0.15, 0.2) is 11.5 Å². The Bertz CT molecular complexity index is 665. The van der Waals surface area contributed by atoms with Crippen molar-refractivity contribution in [2.45, 2.75) is 0 Å². The second-order valence-corrected chi connectivity index (χ2v) is 4.63. The Labute approximate surface area is 123 Å². The minimum absolute atomic E-state index is 0.424. The zero-order valence-corrected chi connectivity index (χ0v) is 12.7. The van der Waals surface area contributed by atoms with Gasteiger partial charge in [0.1, 0.15) is 6.33 Å². The van der Waals surface area contributed by atoms with Gasteiger partial charge in [0.25, 0.3) is 0 Å². The molecule has 100 valence electrons. The second kappa shape index (κ2) is 5.98. The maximum atomic E-state index is 5.29. The highest BCUT2D eigenvalue weighted by atomic mass is 79.9. The van der Waals surface area contributed by atoms with Gasteiger partial charge in [0.05, 0.1) is 24.9 Å². The monoisotopic (exact) mass is 342 g/mol. The number of aromatic nitrogens is 3. The minimum Gasteiger partial charge on any atom is -0.493 e. The molecule has 0 fully saturated rings. The first kappa shape index (κ1) is 13.8. The van der Waals surface area contributed by atoms with Gasteiger partial charge in [-0.3, -0.25) is 5.10 Å². The van der Waals surface area contributed by atoms with E-state index >= 15 is 0 Å². The number of H-pyrrole nitrogens is 1. The van der Waals surface area contributed by atoms with Crippen LogP contribution in [0.4, 0.5) is 0 Å². The fourth-order valence-corrected chi connectivity index (χ4v) is 2.19. The molecule has 0 radical (unpaired) electrons. The number of nitrogens with one attached hydrogen (secondary N) is 1. The maximum Gasteiger partial charge on any atom is 0.216 e. The van der Waals surface area contributed by atoms with Crippen LogP contribution >= 0.6 is 28.1 Å². The molecule has 2 aromatic rings. The number of hydrogen-bond acceptors (Lipinski definition) is 5. The Morgan fingerprint density at radius 1 is 1.42 bits per heavy atom. The number of benzene rings is 1. The molecule has 0 spiro atoms. The molecule has 0 saturated heterocycles. The van der Waals surface area contributed by atoms with Crippen molar-refractivity contribution in [2.75, 3.05) is 14.2 Å². The molecule has 0 aliphatic heterocycles.